The van der Waals surface area contributed by atoms with E-state index in [4.69, 9.17) is 10.5 Å². The summed E-state index contributed by atoms with van der Waals surface area (Å²) in [6.07, 6.45) is 0. The van der Waals surface area contributed by atoms with Crippen LogP contribution in [0.3, 0.4) is 0 Å². The maximum Gasteiger partial charge on any atom is 0.244 e. The molecule has 0 aliphatic heterocycles. The Morgan fingerprint density at radius 1 is 1.33 bits per heavy atom. The minimum atomic E-state index is -3.59. The fraction of sp³-hybridized carbons (Fsp3) is 0.500. The van der Waals surface area contributed by atoms with Gasteiger partial charge in [0.15, 0.2) is 0 Å². The van der Waals surface area contributed by atoms with E-state index in [1.807, 2.05) is 13.8 Å². The molecule has 0 aromatic heterocycles. The van der Waals surface area contributed by atoms with Gasteiger partial charge < -0.3 is 10.5 Å². The van der Waals surface area contributed by atoms with Gasteiger partial charge in [-0.05, 0) is 44.0 Å². The first kappa shape index (κ1) is 14.9. The van der Waals surface area contributed by atoms with E-state index in [0.717, 1.165) is 11.1 Å². The molecule has 0 radical (unpaired) electrons. The summed E-state index contributed by atoms with van der Waals surface area (Å²) in [6, 6.07) is 3.09. The Morgan fingerprint density at radius 3 is 2.39 bits per heavy atom. The van der Waals surface area contributed by atoms with Crippen LogP contribution < -0.4 is 15.2 Å². The van der Waals surface area contributed by atoms with Crippen LogP contribution in [0, 0.1) is 13.8 Å². The molecule has 0 amide bonds. The Labute approximate surface area is 108 Å². The molecule has 1 aromatic carbocycles. The summed E-state index contributed by atoms with van der Waals surface area (Å²) in [5.41, 5.74) is 7.43. The normalized spacial score (nSPS) is 13.4. The molecule has 6 heteroatoms. The van der Waals surface area contributed by atoms with Crippen molar-refractivity contribution < 1.29 is 13.2 Å². The number of ether oxygens (including phenoxy) is 1. The molecular weight excluding hydrogens is 252 g/mol. The van der Waals surface area contributed by atoms with Crippen LogP contribution in [-0.2, 0) is 10.0 Å². The first-order chi connectivity index (χ1) is 8.27. The molecule has 1 unspecified atom stereocenters. The van der Waals surface area contributed by atoms with Crippen molar-refractivity contribution in [1.82, 2.24) is 4.72 Å². The standard InChI is InChI=1S/C12H20N2O3S/c1-8-5-11(17-4)12(6-9(8)2)18(15,16)14-7-10(3)13/h5-6,10,14H,7,13H2,1-4H3. The van der Waals surface area contributed by atoms with E-state index in [1.54, 1.807) is 19.1 Å². The molecule has 1 aromatic rings. The van der Waals surface area contributed by atoms with Gasteiger partial charge in [-0.25, -0.2) is 13.1 Å². The van der Waals surface area contributed by atoms with Gasteiger partial charge in [-0.3, -0.25) is 0 Å². The van der Waals surface area contributed by atoms with Crippen LogP contribution >= 0.6 is 0 Å². The maximum atomic E-state index is 12.1. The Balaban J connectivity index is 3.19. The summed E-state index contributed by atoms with van der Waals surface area (Å²) < 4.78 is 31.9. The van der Waals surface area contributed by atoms with E-state index in [1.165, 1.54) is 7.11 Å². The summed E-state index contributed by atoms with van der Waals surface area (Å²) >= 11 is 0. The molecule has 5 nitrogen and oxygen atoms in total. The predicted octanol–water partition coefficient (Wildman–Crippen LogP) is 0.938. The Hall–Kier alpha value is -1.11. The zero-order valence-electron chi connectivity index (χ0n) is 11.1. The van der Waals surface area contributed by atoms with Crippen molar-refractivity contribution in [1.29, 1.82) is 0 Å². The van der Waals surface area contributed by atoms with E-state index in [-0.39, 0.29) is 17.5 Å². The van der Waals surface area contributed by atoms with Crippen molar-refractivity contribution >= 4 is 10.0 Å². The lowest BCUT2D eigenvalue weighted by Crippen LogP contribution is -2.35. The van der Waals surface area contributed by atoms with E-state index >= 15 is 0 Å². The lowest BCUT2D eigenvalue weighted by molar-refractivity contribution is 0.401. The first-order valence-corrected chi connectivity index (χ1v) is 7.16. The van der Waals surface area contributed by atoms with Crippen molar-refractivity contribution in [3.05, 3.63) is 23.3 Å². The second-order valence-electron chi connectivity index (χ2n) is 4.42. The maximum absolute atomic E-state index is 12.1. The van der Waals surface area contributed by atoms with Crippen LogP contribution in [0.15, 0.2) is 17.0 Å². The number of rotatable bonds is 5. The SMILES string of the molecule is COc1cc(C)c(C)cc1S(=O)(=O)NCC(C)N. The number of hydrogen-bond acceptors (Lipinski definition) is 4. The predicted molar refractivity (Wildman–Crippen MR) is 71.3 cm³/mol. The van der Waals surface area contributed by atoms with E-state index in [0.29, 0.717) is 5.75 Å². The monoisotopic (exact) mass is 272 g/mol. The highest BCUT2D eigenvalue weighted by atomic mass is 32.2. The zero-order valence-corrected chi connectivity index (χ0v) is 12.0. The van der Waals surface area contributed by atoms with Crippen LogP contribution in [0.4, 0.5) is 0 Å². The van der Waals surface area contributed by atoms with Crippen LogP contribution in [0.1, 0.15) is 18.1 Å². The molecule has 0 spiro atoms. The summed E-state index contributed by atoms with van der Waals surface area (Å²) in [6.45, 7) is 5.70. The highest BCUT2D eigenvalue weighted by Gasteiger charge is 2.20. The molecule has 0 bridgehead atoms. The molecule has 0 heterocycles. The molecule has 1 atom stereocenters. The second kappa shape index (κ2) is 5.69. The van der Waals surface area contributed by atoms with E-state index < -0.39 is 10.0 Å². The van der Waals surface area contributed by atoms with Crippen LogP contribution in [0.2, 0.25) is 0 Å². The topological polar surface area (TPSA) is 81.4 Å². The second-order valence-corrected chi connectivity index (χ2v) is 6.15. The molecule has 0 fully saturated rings. The van der Waals surface area contributed by atoms with Gasteiger partial charge in [0, 0.05) is 12.6 Å². The summed E-state index contributed by atoms with van der Waals surface area (Å²) in [5.74, 6) is 0.343. The smallest absolute Gasteiger partial charge is 0.244 e. The van der Waals surface area contributed by atoms with Crippen molar-refractivity contribution in [2.75, 3.05) is 13.7 Å². The van der Waals surface area contributed by atoms with Gasteiger partial charge in [0.05, 0.1) is 7.11 Å². The molecular formula is C12H20N2O3S. The zero-order chi connectivity index (χ0) is 13.9. The molecule has 0 saturated heterocycles. The molecule has 3 N–H and O–H groups in total. The highest BCUT2D eigenvalue weighted by Crippen LogP contribution is 2.26. The minimum absolute atomic E-state index is 0.147. The van der Waals surface area contributed by atoms with Crippen molar-refractivity contribution in [2.45, 2.75) is 31.7 Å². The van der Waals surface area contributed by atoms with E-state index in [2.05, 4.69) is 4.72 Å². The minimum Gasteiger partial charge on any atom is -0.495 e. The van der Waals surface area contributed by atoms with Gasteiger partial charge in [0.25, 0.3) is 0 Å². The fourth-order valence-corrected chi connectivity index (χ4v) is 2.83. The number of aryl methyl sites for hydroxylation is 2. The molecule has 0 saturated carbocycles. The van der Waals surface area contributed by atoms with Gasteiger partial charge in [0.1, 0.15) is 10.6 Å². The number of nitrogens with two attached hydrogens (primary N) is 1. The number of sulfonamides is 1. The molecule has 1 rings (SSSR count). The van der Waals surface area contributed by atoms with Crippen LogP contribution in [-0.4, -0.2) is 28.1 Å². The Morgan fingerprint density at radius 2 is 1.89 bits per heavy atom. The lowest BCUT2D eigenvalue weighted by atomic mass is 10.1. The molecule has 18 heavy (non-hydrogen) atoms. The van der Waals surface area contributed by atoms with Gasteiger partial charge in [0.2, 0.25) is 10.0 Å². The first-order valence-electron chi connectivity index (χ1n) is 5.68. The fourth-order valence-electron chi connectivity index (χ4n) is 1.45. The number of hydrogen-bond donors (Lipinski definition) is 2. The van der Waals surface area contributed by atoms with Crippen molar-refractivity contribution in [3.8, 4) is 5.75 Å². The summed E-state index contributed by atoms with van der Waals surface area (Å²) in [7, 11) is -2.14. The van der Waals surface area contributed by atoms with Gasteiger partial charge in [-0.1, -0.05) is 0 Å². The lowest BCUT2D eigenvalue weighted by Gasteiger charge is -2.14. The number of methoxy groups -OCH3 is 1. The third-order valence-corrected chi connectivity index (χ3v) is 4.11. The Bertz CT molecular complexity index is 524. The third-order valence-electron chi connectivity index (χ3n) is 2.66. The summed E-state index contributed by atoms with van der Waals surface area (Å²) in [4.78, 5) is 0.147. The number of benzene rings is 1. The van der Waals surface area contributed by atoms with E-state index in [9.17, 15) is 8.42 Å². The van der Waals surface area contributed by atoms with Gasteiger partial charge >= 0.3 is 0 Å². The molecule has 0 aliphatic rings. The summed E-state index contributed by atoms with van der Waals surface area (Å²) in [5, 5.41) is 0. The average molecular weight is 272 g/mol. The quantitative estimate of drug-likeness (QED) is 0.835. The van der Waals surface area contributed by atoms with Gasteiger partial charge in [-0.2, -0.15) is 0 Å². The van der Waals surface area contributed by atoms with Crippen LogP contribution in [0.25, 0.3) is 0 Å². The van der Waals surface area contributed by atoms with Crippen molar-refractivity contribution in [3.63, 3.8) is 0 Å². The molecule has 0 aliphatic carbocycles. The number of nitrogens with one attached hydrogen (secondary N) is 1. The van der Waals surface area contributed by atoms with Gasteiger partial charge in [-0.15, -0.1) is 0 Å². The van der Waals surface area contributed by atoms with Crippen LogP contribution in [0.5, 0.6) is 5.75 Å². The third kappa shape index (κ3) is 3.44. The average Bonchev–Trinajstić information content (AvgIpc) is 2.29. The Kier molecular flexibility index (Phi) is 4.72. The van der Waals surface area contributed by atoms with Crippen molar-refractivity contribution in [2.24, 2.45) is 5.73 Å². The highest BCUT2D eigenvalue weighted by molar-refractivity contribution is 7.89. The molecule has 102 valence electrons. The largest absolute Gasteiger partial charge is 0.495 e.